The van der Waals surface area contributed by atoms with E-state index in [1.165, 1.54) is 10.4 Å². The smallest absolute Gasteiger partial charge is 0.282 e. The minimum atomic E-state index is -0.0819. The first-order valence-electron chi connectivity index (χ1n) is 7.41. The molecule has 0 spiro atoms. The van der Waals surface area contributed by atoms with Crippen LogP contribution in [0.15, 0.2) is 40.3 Å². The molecule has 0 amide bonds. The summed E-state index contributed by atoms with van der Waals surface area (Å²) in [4.78, 5) is 19.2. The maximum absolute atomic E-state index is 12.5. The highest BCUT2D eigenvalue weighted by atomic mass is 127. The van der Waals surface area contributed by atoms with Crippen LogP contribution in [0.25, 0.3) is 10.2 Å². The molecular formula is C17H15IN2OS2. The number of hydrogen-bond donors (Lipinski definition) is 0. The van der Waals surface area contributed by atoms with E-state index in [0.29, 0.717) is 5.25 Å². The summed E-state index contributed by atoms with van der Waals surface area (Å²) in [5.74, 6) is 0. The van der Waals surface area contributed by atoms with E-state index in [9.17, 15) is 4.79 Å². The van der Waals surface area contributed by atoms with Crippen LogP contribution < -0.4 is 5.56 Å². The number of halogens is 1. The summed E-state index contributed by atoms with van der Waals surface area (Å²) in [5.41, 5.74) is 2.28. The fourth-order valence-electron chi connectivity index (χ4n) is 3.14. The Bertz CT molecular complexity index is 949. The lowest BCUT2D eigenvalue weighted by atomic mass is 10.0. The van der Waals surface area contributed by atoms with E-state index in [4.69, 9.17) is 0 Å². The number of fused-ring (bicyclic) bond motifs is 3. The summed E-state index contributed by atoms with van der Waals surface area (Å²) in [6.45, 7) is 4.11. The third kappa shape index (κ3) is 2.37. The predicted molar refractivity (Wildman–Crippen MR) is 106 cm³/mol. The van der Waals surface area contributed by atoms with Gasteiger partial charge in [-0.1, -0.05) is 64.7 Å². The van der Waals surface area contributed by atoms with Crippen LogP contribution in [0.1, 0.15) is 22.0 Å². The van der Waals surface area contributed by atoms with Crippen LogP contribution >= 0.6 is 45.7 Å². The van der Waals surface area contributed by atoms with Gasteiger partial charge in [0.15, 0.2) is 5.16 Å². The molecule has 118 valence electrons. The predicted octanol–water partition coefficient (Wildman–Crippen LogP) is 4.57. The molecule has 4 rings (SSSR count). The van der Waals surface area contributed by atoms with Crippen LogP contribution in [0.4, 0.5) is 0 Å². The van der Waals surface area contributed by atoms with E-state index in [1.54, 1.807) is 23.1 Å². The molecule has 3 nitrogen and oxygen atoms in total. The van der Waals surface area contributed by atoms with Crippen molar-refractivity contribution >= 4 is 55.9 Å². The molecule has 1 aliphatic heterocycles. The highest BCUT2D eigenvalue weighted by molar-refractivity contribution is 14.1. The van der Waals surface area contributed by atoms with E-state index < -0.39 is 0 Å². The molecule has 1 aromatic carbocycles. The molecule has 0 fully saturated rings. The molecular weight excluding hydrogens is 439 g/mol. The van der Waals surface area contributed by atoms with E-state index in [2.05, 4.69) is 63.3 Å². The Morgan fingerprint density at radius 1 is 1.26 bits per heavy atom. The number of rotatable bonds is 2. The van der Waals surface area contributed by atoms with Crippen molar-refractivity contribution in [3.05, 3.63) is 56.7 Å². The number of aromatic nitrogens is 2. The third-order valence-electron chi connectivity index (χ3n) is 4.38. The molecule has 0 bridgehead atoms. The molecule has 0 aliphatic carbocycles. The standard InChI is InChI=1S/C17H15IN2OS2/c1-9-10(2)22-16-13(9)15(21)19-17-20(16)14(12(8-18)23-17)11-6-4-3-5-7-11/h3-7,12,14H,8H2,1-2H3. The molecule has 2 aromatic heterocycles. The Kier molecular flexibility index (Phi) is 4.01. The second-order valence-electron chi connectivity index (χ2n) is 5.70. The molecule has 0 radical (unpaired) electrons. The number of nitrogens with zero attached hydrogens (tertiary/aromatic N) is 2. The Morgan fingerprint density at radius 3 is 2.70 bits per heavy atom. The second-order valence-corrected chi connectivity index (χ2v) is 8.99. The lowest BCUT2D eigenvalue weighted by Gasteiger charge is -2.20. The SMILES string of the molecule is Cc1sc2c(c1C)c(=O)nc1n2C(c2ccccc2)C(CI)S1. The van der Waals surface area contributed by atoms with Crippen LogP contribution in [0.3, 0.4) is 0 Å². The lowest BCUT2D eigenvalue weighted by molar-refractivity contribution is 0.576. The first-order chi connectivity index (χ1) is 11.1. The van der Waals surface area contributed by atoms with Gasteiger partial charge < -0.3 is 4.57 Å². The highest BCUT2D eigenvalue weighted by Crippen LogP contribution is 2.46. The van der Waals surface area contributed by atoms with E-state index in [1.807, 2.05) is 13.0 Å². The first kappa shape index (κ1) is 15.7. The van der Waals surface area contributed by atoms with Crippen molar-refractivity contribution in [2.45, 2.75) is 30.3 Å². The molecule has 6 heteroatoms. The van der Waals surface area contributed by atoms with Crippen molar-refractivity contribution in [1.82, 2.24) is 9.55 Å². The zero-order chi connectivity index (χ0) is 16.1. The Balaban J connectivity index is 2.05. The fourth-order valence-corrected chi connectivity index (χ4v) is 6.60. The van der Waals surface area contributed by atoms with Gasteiger partial charge in [0, 0.05) is 14.6 Å². The summed E-state index contributed by atoms with van der Waals surface area (Å²) >= 11 is 5.89. The Labute approximate surface area is 156 Å². The van der Waals surface area contributed by atoms with Crippen LogP contribution in [0.5, 0.6) is 0 Å². The quantitative estimate of drug-likeness (QED) is 0.323. The molecule has 3 aromatic rings. The number of alkyl halides is 1. The average Bonchev–Trinajstić information content (AvgIpc) is 3.06. The van der Waals surface area contributed by atoms with Gasteiger partial charge in [-0.25, -0.2) is 0 Å². The van der Waals surface area contributed by atoms with Crippen LogP contribution in [0.2, 0.25) is 0 Å². The number of benzene rings is 1. The van der Waals surface area contributed by atoms with E-state index >= 15 is 0 Å². The van der Waals surface area contributed by atoms with Crippen molar-refractivity contribution in [2.24, 2.45) is 0 Å². The van der Waals surface area contributed by atoms with Gasteiger partial charge in [0.05, 0.1) is 11.4 Å². The molecule has 2 unspecified atom stereocenters. The molecule has 0 N–H and O–H groups in total. The number of thiophene rings is 1. The molecule has 23 heavy (non-hydrogen) atoms. The summed E-state index contributed by atoms with van der Waals surface area (Å²) in [6, 6.07) is 10.8. The van der Waals surface area contributed by atoms with Gasteiger partial charge in [0.1, 0.15) is 4.83 Å². The maximum Gasteiger partial charge on any atom is 0.282 e. The van der Waals surface area contributed by atoms with E-state index in [0.717, 1.165) is 25.4 Å². The summed E-state index contributed by atoms with van der Waals surface area (Å²) in [5, 5.41) is 2.06. The van der Waals surface area contributed by atoms with Gasteiger partial charge in [0.2, 0.25) is 0 Å². The molecule has 0 saturated heterocycles. The van der Waals surface area contributed by atoms with Gasteiger partial charge in [-0.2, -0.15) is 4.98 Å². The summed E-state index contributed by atoms with van der Waals surface area (Å²) in [7, 11) is 0. The largest absolute Gasteiger partial charge is 0.303 e. The van der Waals surface area contributed by atoms with Crippen molar-refractivity contribution in [3.63, 3.8) is 0 Å². The van der Waals surface area contributed by atoms with Gasteiger partial charge >= 0.3 is 0 Å². The monoisotopic (exact) mass is 454 g/mol. The summed E-state index contributed by atoms with van der Waals surface area (Å²) < 4.78 is 3.31. The van der Waals surface area contributed by atoms with Crippen molar-refractivity contribution in [3.8, 4) is 0 Å². The fraction of sp³-hybridized carbons (Fsp3) is 0.294. The Morgan fingerprint density at radius 2 is 2.00 bits per heavy atom. The normalized spacial score (nSPS) is 20.1. The van der Waals surface area contributed by atoms with Gasteiger partial charge in [0.25, 0.3) is 5.56 Å². The minimum Gasteiger partial charge on any atom is -0.303 e. The van der Waals surface area contributed by atoms with E-state index in [-0.39, 0.29) is 11.6 Å². The summed E-state index contributed by atoms with van der Waals surface area (Å²) in [6.07, 6.45) is 0. The van der Waals surface area contributed by atoms with Crippen molar-refractivity contribution in [1.29, 1.82) is 0 Å². The van der Waals surface area contributed by atoms with Crippen molar-refractivity contribution in [2.75, 3.05) is 4.43 Å². The first-order valence-corrected chi connectivity index (χ1v) is 10.6. The maximum atomic E-state index is 12.5. The van der Waals surface area contributed by atoms with Crippen LogP contribution in [-0.2, 0) is 0 Å². The molecule has 2 atom stereocenters. The lowest BCUT2D eigenvalue weighted by Crippen LogP contribution is -2.20. The zero-order valence-corrected chi connectivity index (χ0v) is 16.5. The molecule has 1 aliphatic rings. The van der Waals surface area contributed by atoms with Crippen LogP contribution in [0, 0.1) is 13.8 Å². The number of aryl methyl sites for hydroxylation is 2. The molecule has 0 saturated carbocycles. The average molecular weight is 454 g/mol. The van der Waals surface area contributed by atoms with Gasteiger partial charge in [-0.3, -0.25) is 4.79 Å². The topological polar surface area (TPSA) is 34.9 Å². The van der Waals surface area contributed by atoms with Crippen LogP contribution in [-0.4, -0.2) is 19.2 Å². The Hall–Kier alpha value is -0.860. The van der Waals surface area contributed by atoms with Gasteiger partial charge in [-0.05, 0) is 25.0 Å². The van der Waals surface area contributed by atoms with Gasteiger partial charge in [-0.15, -0.1) is 11.3 Å². The van der Waals surface area contributed by atoms with Crippen molar-refractivity contribution < 1.29 is 0 Å². The zero-order valence-electron chi connectivity index (χ0n) is 12.7. The second kappa shape index (κ2) is 5.89. The third-order valence-corrected chi connectivity index (χ3v) is 8.36. The molecule has 3 heterocycles. The highest BCUT2D eigenvalue weighted by Gasteiger charge is 2.36. The minimum absolute atomic E-state index is 0.0819. The number of thioether (sulfide) groups is 1. The number of hydrogen-bond acceptors (Lipinski definition) is 4.